The van der Waals surface area contributed by atoms with Gasteiger partial charge in [-0.2, -0.15) is 0 Å². The molecule has 5 N–H and O–H groups in total. The fourth-order valence-electron chi connectivity index (χ4n) is 2.69. The first-order valence-electron chi connectivity index (χ1n) is 8.11. The Morgan fingerprint density at radius 2 is 1.65 bits per heavy atom. The van der Waals surface area contributed by atoms with Crippen molar-refractivity contribution in [3.8, 4) is 11.1 Å². The highest BCUT2D eigenvalue weighted by atomic mass is 16.6. The maximum Gasteiger partial charge on any atom is 0.339 e. The molecule has 2 aromatic rings. The van der Waals surface area contributed by atoms with E-state index >= 15 is 0 Å². The molecule has 7 nitrogen and oxygen atoms in total. The number of benzene rings is 2. The third-order valence-electron chi connectivity index (χ3n) is 4.50. The van der Waals surface area contributed by atoms with Gasteiger partial charge in [-0.25, -0.2) is 10.6 Å². The van der Waals surface area contributed by atoms with E-state index in [9.17, 15) is 14.4 Å². The van der Waals surface area contributed by atoms with E-state index in [1.165, 1.54) is 0 Å². The topological polar surface area (TPSA) is 125 Å². The minimum absolute atomic E-state index is 0.335. The van der Waals surface area contributed by atoms with E-state index in [1.807, 2.05) is 6.92 Å². The van der Waals surface area contributed by atoms with Crippen LogP contribution in [0.2, 0.25) is 0 Å². The van der Waals surface area contributed by atoms with Gasteiger partial charge in [0.05, 0.1) is 5.56 Å². The van der Waals surface area contributed by atoms with Crippen LogP contribution in [0.25, 0.3) is 11.1 Å². The molecular weight excluding hydrogens is 334 g/mol. The zero-order valence-electron chi connectivity index (χ0n) is 14.2. The first-order chi connectivity index (χ1) is 12.4. The molecule has 0 aromatic heterocycles. The number of nitrogen functional groups attached to an aromatic ring is 1. The molecule has 1 aliphatic carbocycles. The van der Waals surface area contributed by atoms with Crippen LogP contribution < -0.4 is 17.0 Å². The number of carbonyl (C=O) groups excluding carboxylic acids is 3. The summed E-state index contributed by atoms with van der Waals surface area (Å²) < 4.78 is 5.31. The second-order valence-electron chi connectivity index (χ2n) is 6.33. The molecule has 0 radical (unpaired) electrons. The van der Waals surface area contributed by atoms with Crippen molar-refractivity contribution in [2.45, 2.75) is 25.4 Å². The molecule has 0 bridgehead atoms. The van der Waals surface area contributed by atoms with Crippen molar-refractivity contribution >= 4 is 17.8 Å². The average molecular weight is 353 g/mol. The third kappa shape index (κ3) is 3.29. The Morgan fingerprint density at radius 3 is 2.19 bits per heavy atom. The SMILES string of the molecule is Cc1ccc(C(=O)OC2(C(N)=O)CC2)cc1-c1ccc(C(=O)NN)cc1. The number of nitrogens with one attached hydrogen (secondary N) is 1. The lowest BCUT2D eigenvalue weighted by atomic mass is 9.97. The Bertz CT molecular complexity index is 886. The van der Waals surface area contributed by atoms with Crippen molar-refractivity contribution in [1.29, 1.82) is 0 Å². The van der Waals surface area contributed by atoms with Crippen molar-refractivity contribution in [3.63, 3.8) is 0 Å². The van der Waals surface area contributed by atoms with Gasteiger partial charge in [0.25, 0.3) is 11.8 Å². The number of ether oxygens (including phenoxy) is 1. The number of hydrogen-bond donors (Lipinski definition) is 3. The van der Waals surface area contributed by atoms with Gasteiger partial charge in [0.15, 0.2) is 5.60 Å². The largest absolute Gasteiger partial charge is 0.445 e. The van der Waals surface area contributed by atoms with Crippen LogP contribution >= 0.6 is 0 Å². The molecule has 0 aliphatic heterocycles. The maximum absolute atomic E-state index is 12.4. The summed E-state index contributed by atoms with van der Waals surface area (Å²) in [6.45, 7) is 1.91. The third-order valence-corrected chi connectivity index (χ3v) is 4.50. The van der Waals surface area contributed by atoms with E-state index in [4.69, 9.17) is 16.3 Å². The Morgan fingerprint density at radius 1 is 1.04 bits per heavy atom. The summed E-state index contributed by atoms with van der Waals surface area (Å²) in [4.78, 5) is 35.3. The van der Waals surface area contributed by atoms with E-state index in [0.717, 1.165) is 16.7 Å². The van der Waals surface area contributed by atoms with Crippen LogP contribution in [0.3, 0.4) is 0 Å². The fraction of sp³-hybridized carbons (Fsp3) is 0.211. The van der Waals surface area contributed by atoms with Gasteiger partial charge in [0, 0.05) is 18.4 Å². The van der Waals surface area contributed by atoms with Crippen molar-refractivity contribution in [3.05, 3.63) is 59.2 Å². The van der Waals surface area contributed by atoms with E-state index in [-0.39, 0.29) is 5.91 Å². The van der Waals surface area contributed by atoms with Crippen LogP contribution in [-0.2, 0) is 9.53 Å². The number of aryl methyl sites for hydroxylation is 1. The lowest BCUT2D eigenvalue weighted by molar-refractivity contribution is -0.128. The first-order valence-corrected chi connectivity index (χ1v) is 8.11. The Balaban J connectivity index is 1.87. The number of carbonyl (C=O) groups is 3. The summed E-state index contributed by atoms with van der Waals surface area (Å²) in [6.07, 6.45) is 0.912. The summed E-state index contributed by atoms with van der Waals surface area (Å²) in [6, 6.07) is 12.0. The molecule has 0 atom stereocenters. The summed E-state index contributed by atoms with van der Waals surface area (Å²) in [5.74, 6) is 3.54. The van der Waals surface area contributed by atoms with E-state index in [0.29, 0.717) is 24.0 Å². The van der Waals surface area contributed by atoms with Crippen molar-refractivity contribution in [2.24, 2.45) is 11.6 Å². The van der Waals surface area contributed by atoms with Gasteiger partial charge in [-0.1, -0.05) is 18.2 Å². The summed E-state index contributed by atoms with van der Waals surface area (Å²) in [7, 11) is 0. The van der Waals surface area contributed by atoms with Crippen LogP contribution in [0.15, 0.2) is 42.5 Å². The molecule has 0 heterocycles. The quantitative estimate of drug-likeness (QED) is 0.325. The number of amides is 2. The molecule has 1 saturated carbocycles. The minimum Gasteiger partial charge on any atom is -0.445 e. The van der Waals surface area contributed by atoms with Gasteiger partial charge >= 0.3 is 5.97 Å². The number of primary amides is 1. The second kappa shape index (κ2) is 6.61. The fourth-order valence-corrected chi connectivity index (χ4v) is 2.69. The van der Waals surface area contributed by atoms with Crippen LogP contribution in [0.4, 0.5) is 0 Å². The van der Waals surface area contributed by atoms with Gasteiger partial charge in [-0.05, 0) is 47.9 Å². The molecule has 2 amide bonds. The summed E-state index contributed by atoms with van der Waals surface area (Å²) in [5.41, 5.74) is 9.59. The monoisotopic (exact) mass is 353 g/mol. The van der Waals surface area contributed by atoms with Crippen LogP contribution in [0.5, 0.6) is 0 Å². The Kier molecular flexibility index (Phi) is 4.48. The highest BCUT2D eigenvalue weighted by molar-refractivity contribution is 5.96. The smallest absolute Gasteiger partial charge is 0.339 e. The van der Waals surface area contributed by atoms with Gasteiger partial charge in [0.1, 0.15) is 0 Å². The molecule has 7 heteroatoms. The van der Waals surface area contributed by atoms with Crippen LogP contribution in [0.1, 0.15) is 39.1 Å². The van der Waals surface area contributed by atoms with Crippen LogP contribution in [0, 0.1) is 6.92 Å². The lowest BCUT2D eigenvalue weighted by Crippen LogP contribution is -2.35. The molecular formula is C19H19N3O4. The first kappa shape index (κ1) is 17.6. The lowest BCUT2D eigenvalue weighted by Gasteiger charge is -2.14. The highest BCUT2D eigenvalue weighted by Gasteiger charge is 2.53. The van der Waals surface area contributed by atoms with Gasteiger partial charge < -0.3 is 10.5 Å². The van der Waals surface area contributed by atoms with Crippen molar-refractivity contribution in [2.75, 3.05) is 0 Å². The zero-order chi connectivity index (χ0) is 18.9. The molecule has 134 valence electrons. The van der Waals surface area contributed by atoms with Gasteiger partial charge in [-0.15, -0.1) is 0 Å². The predicted molar refractivity (Wildman–Crippen MR) is 94.8 cm³/mol. The van der Waals surface area contributed by atoms with E-state index in [1.54, 1.807) is 42.5 Å². The normalized spacial score (nSPS) is 14.4. The molecule has 3 rings (SSSR count). The molecule has 0 unspecified atom stereocenters. The molecule has 0 saturated heterocycles. The minimum atomic E-state index is -1.15. The van der Waals surface area contributed by atoms with Gasteiger partial charge in [0.2, 0.25) is 0 Å². The number of hydrazine groups is 1. The second-order valence-corrected chi connectivity index (χ2v) is 6.33. The molecule has 0 spiro atoms. The predicted octanol–water partition coefficient (Wildman–Crippen LogP) is 1.44. The molecule has 2 aromatic carbocycles. The number of esters is 1. The van der Waals surface area contributed by atoms with E-state index in [2.05, 4.69) is 5.43 Å². The summed E-state index contributed by atoms with van der Waals surface area (Å²) in [5, 5.41) is 0. The molecule has 1 aliphatic rings. The van der Waals surface area contributed by atoms with E-state index < -0.39 is 17.5 Å². The highest BCUT2D eigenvalue weighted by Crippen LogP contribution is 2.40. The molecule has 26 heavy (non-hydrogen) atoms. The van der Waals surface area contributed by atoms with Crippen molar-refractivity contribution < 1.29 is 19.1 Å². The maximum atomic E-state index is 12.4. The Labute approximate surface area is 150 Å². The van der Waals surface area contributed by atoms with Crippen molar-refractivity contribution in [1.82, 2.24) is 5.43 Å². The number of nitrogens with two attached hydrogens (primary N) is 2. The zero-order valence-corrected chi connectivity index (χ0v) is 14.2. The number of rotatable bonds is 5. The molecule has 1 fully saturated rings. The average Bonchev–Trinajstić information content (AvgIpc) is 3.42. The Hall–Kier alpha value is -3.19. The van der Waals surface area contributed by atoms with Crippen LogP contribution in [-0.4, -0.2) is 23.4 Å². The number of hydrogen-bond acceptors (Lipinski definition) is 5. The summed E-state index contributed by atoms with van der Waals surface area (Å²) >= 11 is 0. The standard InChI is InChI=1S/C19H19N3O4/c1-11-2-3-14(17(24)26-19(8-9-19)18(20)25)10-15(11)12-4-6-13(7-5-12)16(23)22-21/h2-7,10H,8-9,21H2,1H3,(H2,20,25)(H,22,23). The van der Waals surface area contributed by atoms with Gasteiger partial charge in [-0.3, -0.25) is 15.0 Å².